The van der Waals surface area contributed by atoms with Crippen LogP contribution in [0.5, 0.6) is 0 Å². The van der Waals surface area contributed by atoms with E-state index in [1.165, 1.54) is 4.68 Å². The van der Waals surface area contributed by atoms with Crippen LogP contribution in [0.3, 0.4) is 0 Å². The summed E-state index contributed by atoms with van der Waals surface area (Å²) in [5, 5.41) is 10.7. The van der Waals surface area contributed by atoms with Crippen LogP contribution in [0, 0.1) is 0 Å². The van der Waals surface area contributed by atoms with Crippen molar-refractivity contribution in [2.75, 3.05) is 11.1 Å². The molecule has 0 radical (unpaired) electrons. The minimum absolute atomic E-state index is 0.219. The van der Waals surface area contributed by atoms with E-state index in [0.29, 0.717) is 11.4 Å². The number of aryl methyl sites for hydroxylation is 2. The van der Waals surface area contributed by atoms with E-state index in [1.54, 1.807) is 30.3 Å². The predicted octanol–water partition coefficient (Wildman–Crippen LogP) is 0.471. The minimum atomic E-state index is -0.334. The van der Waals surface area contributed by atoms with Crippen LogP contribution in [-0.4, -0.2) is 25.5 Å². The Morgan fingerprint density at radius 3 is 2.82 bits per heavy atom. The van der Waals surface area contributed by atoms with Gasteiger partial charge in [-0.15, -0.1) is 0 Å². The van der Waals surface area contributed by atoms with E-state index < -0.39 is 0 Å². The number of amides is 1. The topological polar surface area (TPSA) is 90.8 Å². The summed E-state index contributed by atoms with van der Waals surface area (Å²) < 4.78 is 3.22. The first-order valence-electron chi connectivity index (χ1n) is 5.23. The number of hydrogen-bond donors (Lipinski definition) is 2. The highest BCUT2D eigenvalue weighted by atomic mass is 16.2. The number of hydrogen-bond acceptors (Lipinski definition) is 4. The fourth-order valence-electron chi connectivity index (χ4n) is 1.47. The van der Waals surface area contributed by atoms with Gasteiger partial charge in [-0.1, -0.05) is 0 Å². The summed E-state index contributed by atoms with van der Waals surface area (Å²) in [5.74, 6) is -0.334. The fraction of sp³-hybridized carbons (Fsp3) is 0.300. The monoisotopic (exact) mass is 234 g/mol. The molecule has 2 aromatic heterocycles. The highest BCUT2D eigenvalue weighted by molar-refractivity contribution is 6.06. The van der Waals surface area contributed by atoms with Gasteiger partial charge in [0.2, 0.25) is 0 Å². The first kappa shape index (κ1) is 11.2. The molecule has 0 saturated carbocycles. The van der Waals surface area contributed by atoms with Crippen molar-refractivity contribution in [2.45, 2.75) is 13.5 Å². The summed E-state index contributed by atoms with van der Waals surface area (Å²) in [7, 11) is 1.71. The molecule has 0 spiro atoms. The van der Waals surface area contributed by atoms with Crippen LogP contribution in [0.25, 0.3) is 0 Å². The Morgan fingerprint density at radius 1 is 1.53 bits per heavy atom. The van der Waals surface area contributed by atoms with Gasteiger partial charge in [-0.25, -0.2) is 0 Å². The molecule has 0 atom stereocenters. The summed E-state index contributed by atoms with van der Waals surface area (Å²) in [5.41, 5.74) is 6.86. The van der Waals surface area contributed by atoms with Gasteiger partial charge >= 0.3 is 0 Å². The second-order valence-electron chi connectivity index (χ2n) is 3.65. The van der Waals surface area contributed by atoms with Crippen molar-refractivity contribution in [3.63, 3.8) is 0 Å². The quantitative estimate of drug-likeness (QED) is 0.807. The number of nitrogen functional groups attached to an aromatic ring is 1. The zero-order valence-corrected chi connectivity index (χ0v) is 9.71. The number of aromatic nitrogens is 4. The van der Waals surface area contributed by atoms with Crippen molar-refractivity contribution in [3.05, 3.63) is 24.3 Å². The molecule has 2 aromatic rings. The molecule has 0 bridgehead atoms. The molecular weight excluding hydrogens is 220 g/mol. The van der Waals surface area contributed by atoms with E-state index >= 15 is 0 Å². The van der Waals surface area contributed by atoms with E-state index in [9.17, 15) is 4.79 Å². The van der Waals surface area contributed by atoms with E-state index in [2.05, 4.69) is 15.5 Å². The van der Waals surface area contributed by atoms with Gasteiger partial charge in [-0.2, -0.15) is 10.2 Å². The number of carbonyl (C=O) groups is 1. The lowest BCUT2D eigenvalue weighted by atomic mass is 10.3. The van der Waals surface area contributed by atoms with Crippen LogP contribution < -0.4 is 11.1 Å². The van der Waals surface area contributed by atoms with Crippen LogP contribution in [0.1, 0.15) is 17.4 Å². The maximum absolute atomic E-state index is 11.8. The Bertz CT molecular complexity index is 541. The van der Waals surface area contributed by atoms with Gasteiger partial charge in [0.05, 0.1) is 17.6 Å². The summed E-state index contributed by atoms with van der Waals surface area (Å²) >= 11 is 0. The number of rotatable bonds is 3. The molecule has 2 rings (SSSR count). The largest absolute Gasteiger partial charge is 0.396 e. The number of anilines is 2. The van der Waals surface area contributed by atoms with Crippen molar-refractivity contribution < 1.29 is 4.79 Å². The number of nitrogens with one attached hydrogen (secondary N) is 1. The van der Waals surface area contributed by atoms with Crippen molar-refractivity contribution in [1.82, 2.24) is 19.6 Å². The average Bonchev–Trinajstić information content (AvgIpc) is 2.85. The molecule has 17 heavy (non-hydrogen) atoms. The van der Waals surface area contributed by atoms with Crippen LogP contribution in [0.15, 0.2) is 18.6 Å². The molecule has 0 aliphatic carbocycles. The summed E-state index contributed by atoms with van der Waals surface area (Å²) in [6.07, 6.45) is 4.92. The molecule has 0 aliphatic rings. The summed E-state index contributed by atoms with van der Waals surface area (Å²) in [4.78, 5) is 11.8. The maximum Gasteiger partial charge on any atom is 0.278 e. The van der Waals surface area contributed by atoms with Gasteiger partial charge in [0, 0.05) is 26.0 Å². The molecule has 0 aromatic carbocycles. The fourth-order valence-corrected chi connectivity index (χ4v) is 1.47. The van der Waals surface area contributed by atoms with E-state index in [-0.39, 0.29) is 11.6 Å². The third-order valence-corrected chi connectivity index (χ3v) is 2.29. The molecule has 3 N–H and O–H groups in total. The minimum Gasteiger partial charge on any atom is -0.396 e. The van der Waals surface area contributed by atoms with Crippen LogP contribution in [-0.2, 0) is 13.6 Å². The zero-order chi connectivity index (χ0) is 12.4. The average molecular weight is 234 g/mol. The Balaban J connectivity index is 2.14. The first-order chi connectivity index (χ1) is 8.10. The number of carbonyl (C=O) groups excluding carboxylic acids is 1. The van der Waals surface area contributed by atoms with Crippen LogP contribution >= 0.6 is 0 Å². The lowest BCUT2D eigenvalue weighted by Crippen LogP contribution is -2.14. The molecule has 2 heterocycles. The standard InChI is InChI=1S/C10H14N6O/c1-3-16-5-7(4-12-16)13-10(17)9-8(11)6-15(2)14-9/h4-6H,3,11H2,1-2H3,(H,13,17). The van der Waals surface area contributed by atoms with Gasteiger partial charge in [0.25, 0.3) is 5.91 Å². The zero-order valence-electron chi connectivity index (χ0n) is 9.71. The van der Waals surface area contributed by atoms with Gasteiger partial charge in [-0.05, 0) is 6.92 Å². The SMILES string of the molecule is CCn1cc(NC(=O)c2nn(C)cc2N)cn1. The third-order valence-electron chi connectivity index (χ3n) is 2.29. The van der Waals surface area contributed by atoms with Crippen molar-refractivity contribution in [1.29, 1.82) is 0 Å². The third kappa shape index (κ3) is 2.27. The second-order valence-corrected chi connectivity index (χ2v) is 3.65. The lowest BCUT2D eigenvalue weighted by molar-refractivity contribution is 0.102. The lowest BCUT2D eigenvalue weighted by Gasteiger charge is -1.99. The van der Waals surface area contributed by atoms with Gasteiger partial charge < -0.3 is 11.1 Å². The van der Waals surface area contributed by atoms with E-state index in [0.717, 1.165) is 6.54 Å². The van der Waals surface area contributed by atoms with E-state index in [1.807, 2.05) is 6.92 Å². The molecule has 7 nitrogen and oxygen atoms in total. The molecule has 0 aliphatic heterocycles. The smallest absolute Gasteiger partial charge is 0.278 e. The van der Waals surface area contributed by atoms with E-state index in [4.69, 9.17) is 5.73 Å². The molecule has 0 saturated heterocycles. The molecule has 1 amide bonds. The maximum atomic E-state index is 11.8. The Morgan fingerprint density at radius 2 is 2.29 bits per heavy atom. The summed E-state index contributed by atoms with van der Waals surface area (Å²) in [6, 6.07) is 0. The Labute approximate surface area is 98.2 Å². The van der Waals surface area contributed by atoms with Crippen molar-refractivity contribution in [2.24, 2.45) is 7.05 Å². The van der Waals surface area contributed by atoms with Crippen LogP contribution in [0.4, 0.5) is 11.4 Å². The van der Waals surface area contributed by atoms with Crippen molar-refractivity contribution in [3.8, 4) is 0 Å². The molecule has 90 valence electrons. The highest BCUT2D eigenvalue weighted by Gasteiger charge is 2.14. The molecular formula is C10H14N6O. The Hall–Kier alpha value is -2.31. The highest BCUT2D eigenvalue weighted by Crippen LogP contribution is 2.12. The first-order valence-corrected chi connectivity index (χ1v) is 5.23. The summed E-state index contributed by atoms with van der Waals surface area (Å²) in [6.45, 7) is 2.72. The van der Waals surface area contributed by atoms with Gasteiger partial charge in [0.1, 0.15) is 0 Å². The number of nitrogens with zero attached hydrogens (tertiary/aromatic N) is 4. The predicted molar refractivity (Wildman–Crippen MR) is 63.5 cm³/mol. The number of nitrogens with two attached hydrogens (primary N) is 1. The second kappa shape index (κ2) is 4.28. The van der Waals surface area contributed by atoms with Gasteiger partial charge in [-0.3, -0.25) is 14.2 Å². The molecule has 7 heteroatoms. The molecule has 0 fully saturated rings. The van der Waals surface area contributed by atoms with Crippen molar-refractivity contribution >= 4 is 17.3 Å². The normalized spacial score (nSPS) is 10.5. The van der Waals surface area contributed by atoms with Gasteiger partial charge in [0.15, 0.2) is 5.69 Å². The Kier molecular flexibility index (Phi) is 2.82. The molecule has 0 unspecified atom stereocenters. The van der Waals surface area contributed by atoms with Crippen LogP contribution in [0.2, 0.25) is 0 Å².